The van der Waals surface area contributed by atoms with Crippen LogP contribution in [-0.4, -0.2) is 40.7 Å². The Kier molecular flexibility index (Phi) is 7.24. The van der Waals surface area contributed by atoms with Crippen LogP contribution in [0.5, 0.6) is 11.5 Å². The summed E-state index contributed by atoms with van der Waals surface area (Å²) < 4.78 is 33.3. The highest BCUT2D eigenvalue weighted by Gasteiger charge is 2.38. The molecule has 0 unspecified atom stereocenters. The van der Waals surface area contributed by atoms with Gasteiger partial charge in [-0.1, -0.05) is 12.1 Å². The van der Waals surface area contributed by atoms with Gasteiger partial charge in [-0.05, 0) is 111 Å². The Morgan fingerprint density at radius 2 is 1.65 bits per heavy atom. The number of fused-ring (bicyclic) bond motifs is 3. The molecule has 0 saturated heterocycles. The molecule has 43 heavy (non-hydrogen) atoms. The van der Waals surface area contributed by atoms with Gasteiger partial charge < -0.3 is 24.2 Å². The zero-order chi connectivity index (χ0) is 30.8. The maximum atomic E-state index is 15.6. The van der Waals surface area contributed by atoms with E-state index in [1.54, 1.807) is 11.0 Å². The molecule has 7 nitrogen and oxygen atoms in total. The first kappa shape index (κ1) is 29.2. The number of hydrogen-bond donors (Lipinski definition) is 1. The highest BCUT2D eigenvalue weighted by atomic mass is 19.1. The monoisotopic (exact) mass is 587 g/mol. The van der Waals surface area contributed by atoms with Crippen molar-refractivity contribution >= 4 is 11.9 Å². The Balaban J connectivity index is 1.54. The van der Waals surface area contributed by atoms with E-state index in [1.165, 1.54) is 6.07 Å². The molecular weight excluding hydrogens is 549 g/mol. The Hall–Kier alpha value is -3.91. The van der Waals surface area contributed by atoms with Gasteiger partial charge >= 0.3 is 5.97 Å². The number of carbonyl (C=O) groups excluding carboxylic acids is 1. The summed E-state index contributed by atoms with van der Waals surface area (Å²) in [5.74, 6) is -0.797. The lowest BCUT2D eigenvalue weighted by molar-refractivity contribution is -0.160. The lowest BCUT2D eigenvalue weighted by Gasteiger charge is -2.31. The van der Waals surface area contributed by atoms with Crippen molar-refractivity contribution in [2.75, 3.05) is 13.2 Å². The number of nitrogens with zero attached hydrogens (tertiary/aromatic N) is 1. The van der Waals surface area contributed by atoms with Gasteiger partial charge in [-0.25, -0.2) is 9.18 Å². The summed E-state index contributed by atoms with van der Waals surface area (Å²) in [4.78, 5) is 28.5. The molecule has 0 aliphatic carbocycles. The van der Waals surface area contributed by atoms with Gasteiger partial charge in [-0.15, -0.1) is 0 Å². The second kappa shape index (κ2) is 10.7. The van der Waals surface area contributed by atoms with E-state index >= 15 is 4.39 Å². The summed E-state index contributed by atoms with van der Waals surface area (Å²) in [5.41, 5.74) is 7.66. The van der Waals surface area contributed by atoms with Crippen LogP contribution < -0.4 is 9.47 Å². The molecule has 0 saturated carbocycles. The third-order valence-corrected chi connectivity index (χ3v) is 8.91. The molecular formula is C35H38FNO6. The third kappa shape index (κ3) is 4.95. The van der Waals surface area contributed by atoms with Crippen molar-refractivity contribution in [2.45, 2.75) is 85.6 Å². The normalized spacial score (nSPS) is 16.2. The highest BCUT2D eigenvalue weighted by molar-refractivity contribution is 5.98. The molecule has 0 aromatic heterocycles. The van der Waals surface area contributed by atoms with E-state index in [0.717, 1.165) is 51.8 Å². The molecule has 3 aromatic rings. The van der Waals surface area contributed by atoms with Crippen LogP contribution in [0.25, 0.3) is 11.1 Å². The lowest BCUT2D eigenvalue weighted by atomic mass is 9.81. The van der Waals surface area contributed by atoms with E-state index in [2.05, 4.69) is 0 Å². The van der Waals surface area contributed by atoms with Crippen molar-refractivity contribution in [2.24, 2.45) is 0 Å². The van der Waals surface area contributed by atoms with E-state index in [-0.39, 0.29) is 11.7 Å². The zero-order valence-corrected chi connectivity index (χ0v) is 25.7. The number of carbonyl (C=O) groups is 2. The molecule has 8 heteroatoms. The van der Waals surface area contributed by atoms with E-state index in [0.29, 0.717) is 60.7 Å². The Morgan fingerprint density at radius 1 is 0.953 bits per heavy atom. The highest BCUT2D eigenvalue weighted by Crippen LogP contribution is 2.47. The number of carboxylic acids is 1. The van der Waals surface area contributed by atoms with Gasteiger partial charge in [0.2, 0.25) is 0 Å². The maximum Gasteiger partial charge on any atom is 0.337 e. The smallest absolute Gasteiger partial charge is 0.337 e. The number of ether oxygens (including phenoxy) is 3. The largest absolute Gasteiger partial charge is 0.492 e. The molecule has 0 spiro atoms. The molecule has 0 bridgehead atoms. The number of para-hydroxylation sites is 1. The second-order valence-electron chi connectivity index (χ2n) is 12.8. The fourth-order valence-electron chi connectivity index (χ4n) is 6.90. The predicted molar refractivity (Wildman–Crippen MR) is 160 cm³/mol. The zero-order valence-electron chi connectivity index (χ0n) is 25.7. The fraction of sp³-hybridized carbons (Fsp3) is 0.429. The van der Waals surface area contributed by atoms with Crippen LogP contribution in [0.2, 0.25) is 0 Å². The first-order chi connectivity index (χ1) is 20.4. The summed E-state index contributed by atoms with van der Waals surface area (Å²) in [5, 5.41) is 10.5. The number of amides is 1. The molecule has 1 amide bonds. The molecule has 3 aliphatic heterocycles. The quantitative estimate of drug-likeness (QED) is 0.355. The first-order valence-corrected chi connectivity index (χ1v) is 14.9. The summed E-state index contributed by atoms with van der Waals surface area (Å²) >= 11 is 0. The maximum absolute atomic E-state index is 15.6. The van der Waals surface area contributed by atoms with Gasteiger partial charge in [0, 0.05) is 30.6 Å². The standard InChI is InChI=1S/C35H38FNO6/c1-18-22-11-8-13-41-31(22)27(36)15-24(18)28-19(2)25-16-37(33(38)23-10-7-9-21-12-14-42-30(21)23)17-26(25)20(3)29(28)32(34(39)40)43-35(4,5)6/h7,9-10,15,32H,8,11-14,16-17H2,1-6H3,(H,39,40)/t32-/m0/s1. The van der Waals surface area contributed by atoms with Crippen molar-refractivity contribution < 1.29 is 33.3 Å². The molecule has 0 fully saturated rings. The van der Waals surface area contributed by atoms with Crippen LogP contribution >= 0.6 is 0 Å². The van der Waals surface area contributed by atoms with Crippen LogP contribution in [0, 0.1) is 26.6 Å². The predicted octanol–water partition coefficient (Wildman–Crippen LogP) is 6.77. The minimum Gasteiger partial charge on any atom is -0.492 e. The first-order valence-electron chi connectivity index (χ1n) is 14.9. The topological polar surface area (TPSA) is 85.3 Å². The van der Waals surface area contributed by atoms with Crippen molar-refractivity contribution in [1.29, 1.82) is 0 Å². The van der Waals surface area contributed by atoms with Gasteiger partial charge in [0.05, 0.1) is 24.4 Å². The third-order valence-electron chi connectivity index (χ3n) is 8.91. The molecule has 3 heterocycles. The van der Waals surface area contributed by atoms with E-state index in [9.17, 15) is 14.7 Å². The lowest BCUT2D eigenvalue weighted by Crippen LogP contribution is -2.29. The molecule has 226 valence electrons. The Labute approximate surface area is 251 Å². The van der Waals surface area contributed by atoms with Crippen LogP contribution in [0.4, 0.5) is 4.39 Å². The number of aliphatic carboxylic acids is 1. The number of rotatable bonds is 5. The number of carboxylic acid groups (broad SMARTS) is 1. The van der Waals surface area contributed by atoms with Gasteiger partial charge in [-0.2, -0.15) is 0 Å². The average molecular weight is 588 g/mol. The molecule has 1 N–H and O–H groups in total. The van der Waals surface area contributed by atoms with Gasteiger partial charge in [-0.3, -0.25) is 4.79 Å². The number of hydrogen-bond acceptors (Lipinski definition) is 5. The van der Waals surface area contributed by atoms with Crippen molar-refractivity contribution in [3.05, 3.63) is 80.2 Å². The average Bonchev–Trinajstić information content (AvgIpc) is 3.63. The van der Waals surface area contributed by atoms with E-state index in [1.807, 2.05) is 53.7 Å². The Bertz CT molecular complexity index is 1670. The summed E-state index contributed by atoms with van der Waals surface area (Å²) in [6.07, 6.45) is 0.926. The van der Waals surface area contributed by atoms with Crippen LogP contribution in [0.1, 0.15) is 88.2 Å². The fourth-order valence-corrected chi connectivity index (χ4v) is 6.90. The molecule has 3 aliphatic rings. The van der Waals surface area contributed by atoms with Crippen molar-refractivity contribution in [1.82, 2.24) is 4.90 Å². The van der Waals surface area contributed by atoms with Crippen molar-refractivity contribution in [3.8, 4) is 22.6 Å². The van der Waals surface area contributed by atoms with Crippen LogP contribution in [0.15, 0.2) is 24.3 Å². The summed E-state index contributed by atoms with van der Waals surface area (Å²) in [6.45, 7) is 12.9. The molecule has 0 radical (unpaired) electrons. The molecule has 3 aromatic carbocycles. The Morgan fingerprint density at radius 3 is 2.35 bits per heavy atom. The SMILES string of the molecule is Cc1c(-c2c(C)c3c(c(C)c2[C@H](OC(C)(C)C)C(=O)O)CN(C(=O)c2cccc4c2OCC4)C3)cc(F)c2c1CCCO2. The van der Waals surface area contributed by atoms with Crippen LogP contribution in [-0.2, 0) is 35.5 Å². The van der Waals surface area contributed by atoms with Gasteiger partial charge in [0.1, 0.15) is 5.75 Å². The molecule has 6 rings (SSSR count). The number of benzene rings is 3. The van der Waals surface area contributed by atoms with Crippen LogP contribution in [0.3, 0.4) is 0 Å². The number of halogens is 1. The summed E-state index contributed by atoms with van der Waals surface area (Å²) in [7, 11) is 0. The van der Waals surface area contributed by atoms with E-state index in [4.69, 9.17) is 14.2 Å². The van der Waals surface area contributed by atoms with Crippen molar-refractivity contribution in [3.63, 3.8) is 0 Å². The van der Waals surface area contributed by atoms with Gasteiger partial charge in [0.25, 0.3) is 5.91 Å². The summed E-state index contributed by atoms with van der Waals surface area (Å²) in [6, 6.07) is 7.13. The minimum absolute atomic E-state index is 0.134. The minimum atomic E-state index is -1.30. The second-order valence-corrected chi connectivity index (χ2v) is 12.8. The van der Waals surface area contributed by atoms with Gasteiger partial charge in [0.15, 0.2) is 17.7 Å². The molecule has 1 atom stereocenters. The van der Waals surface area contributed by atoms with E-state index < -0.39 is 23.5 Å².